The van der Waals surface area contributed by atoms with E-state index in [9.17, 15) is 13.6 Å². The maximum absolute atomic E-state index is 12.0. The third-order valence-corrected chi connectivity index (χ3v) is 2.21. The fourth-order valence-corrected chi connectivity index (χ4v) is 1.33. The van der Waals surface area contributed by atoms with Crippen molar-refractivity contribution < 1.29 is 18.3 Å². The summed E-state index contributed by atoms with van der Waals surface area (Å²) in [5.41, 5.74) is 5.82. The summed E-state index contributed by atoms with van der Waals surface area (Å²) < 4.78 is 28.2. The van der Waals surface area contributed by atoms with Crippen molar-refractivity contribution in [2.45, 2.75) is 26.0 Å². The number of carbonyl (C=O) groups excluding carboxylic acids is 1. The molecule has 0 aliphatic rings. The molecule has 1 unspecified atom stereocenters. The molecule has 0 aliphatic heterocycles. The van der Waals surface area contributed by atoms with Gasteiger partial charge in [0, 0.05) is 18.2 Å². The fourth-order valence-electron chi connectivity index (χ4n) is 1.33. The number of amides is 1. The second-order valence-electron chi connectivity index (χ2n) is 3.93. The molecule has 0 heterocycles. The average molecular weight is 295 g/mol. The molecule has 19 heavy (non-hydrogen) atoms. The van der Waals surface area contributed by atoms with E-state index in [0.717, 1.165) is 0 Å². The predicted molar refractivity (Wildman–Crippen MR) is 70.9 cm³/mol. The van der Waals surface area contributed by atoms with Gasteiger partial charge in [-0.2, -0.15) is 8.78 Å². The average Bonchev–Trinajstić information content (AvgIpc) is 2.27. The Morgan fingerprint density at radius 3 is 2.74 bits per heavy atom. The first kappa shape index (κ1) is 17.6. The molecule has 0 saturated carbocycles. The Bertz CT molecular complexity index is 403. The summed E-state index contributed by atoms with van der Waals surface area (Å²) in [5, 5.41) is 2.65. The van der Waals surface area contributed by atoms with Gasteiger partial charge in [-0.3, -0.25) is 4.79 Å². The van der Waals surface area contributed by atoms with Crippen molar-refractivity contribution >= 4 is 18.3 Å². The van der Waals surface area contributed by atoms with Crippen LogP contribution >= 0.6 is 12.4 Å². The predicted octanol–water partition coefficient (Wildman–Crippen LogP) is 2.18. The Morgan fingerprint density at radius 1 is 1.47 bits per heavy atom. The normalized spacial score (nSPS) is 11.6. The van der Waals surface area contributed by atoms with Gasteiger partial charge in [-0.25, -0.2) is 0 Å². The molecule has 0 saturated heterocycles. The minimum absolute atomic E-state index is 0. The molecule has 1 atom stereocenters. The topological polar surface area (TPSA) is 64.3 Å². The van der Waals surface area contributed by atoms with Gasteiger partial charge in [0.25, 0.3) is 5.91 Å². The number of hydrogen-bond acceptors (Lipinski definition) is 3. The largest absolute Gasteiger partial charge is 0.435 e. The molecule has 1 amide bonds. The lowest BCUT2D eigenvalue weighted by Crippen LogP contribution is -2.28. The fraction of sp³-hybridized carbons (Fsp3) is 0.417. The van der Waals surface area contributed by atoms with Crippen LogP contribution in [0.4, 0.5) is 8.78 Å². The van der Waals surface area contributed by atoms with Gasteiger partial charge in [-0.15, -0.1) is 12.4 Å². The summed E-state index contributed by atoms with van der Waals surface area (Å²) in [4.78, 5) is 11.7. The van der Waals surface area contributed by atoms with Gasteiger partial charge in [0.1, 0.15) is 5.75 Å². The van der Waals surface area contributed by atoms with Gasteiger partial charge in [0.2, 0.25) is 0 Å². The van der Waals surface area contributed by atoms with E-state index in [1.165, 1.54) is 24.3 Å². The highest BCUT2D eigenvalue weighted by Crippen LogP contribution is 2.15. The first-order valence-corrected chi connectivity index (χ1v) is 5.57. The molecular weight excluding hydrogens is 278 g/mol. The standard InChI is InChI=1S/C12H16F2N2O2.ClH/c1-8(15)5-6-16-11(17)9-3-2-4-10(7-9)18-12(13)14;/h2-4,7-8,12H,5-6,15H2,1H3,(H,16,17);1H. The van der Waals surface area contributed by atoms with Crippen LogP contribution in [0.1, 0.15) is 23.7 Å². The maximum atomic E-state index is 12.0. The maximum Gasteiger partial charge on any atom is 0.387 e. The smallest absolute Gasteiger partial charge is 0.387 e. The molecule has 0 aromatic heterocycles. The Hall–Kier alpha value is -1.40. The number of carbonyl (C=O) groups is 1. The van der Waals surface area contributed by atoms with Crippen molar-refractivity contribution in [1.29, 1.82) is 0 Å². The lowest BCUT2D eigenvalue weighted by Gasteiger charge is -2.09. The van der Waals surface area contributed by atoms with Crippen molar-refractivity contribution in [3.63, 3.8) is 0 Å². The zero-order chi connectivity index (χ0) is 13.5. The molecule has 108 valence electrons. The van der Waals surface area contributed by atoms with Crippen molar-refractivity contribution in [2.75, 3.05) is 6.54 Å². The third-order valence-electron chi connectivity index (χ3n) is 2.21. The molecule has 0 fully saturated rings. The SMILES string of the molecule is CC(N)CCNC(=O)c1cccc(OC(F)F)c1.Cl. The van der Waals surface area contributed by atoms with Crippen molar-refractivity contribution in [3.05, 3.63) is 29.8 Å². The first-order valence-electron chi connectivity index (χ1n) is 5.57. The molecule has 0 bridgehead atoms. The van der Waals surface area contributed by atoms with Gasteiger partial charge in [0.05, 0.1) is 0 Å². The van der Waals surface area contributed by atoms with Gasteiger partial charge in [-0.05, 0) is 31.5 Å². The van der Waals surface area contributed by atoms with Crippen LogP contribution in [0.15, 0.2) is 24.3 Å². The molecule has 7 heteroatoms. The molecular formula is C12H17ClF2N2O2. The summed E-state index contributed by atoms with van der Waals surface area (Å²) >= 11 is 0. The van der Waals surface area contributed by atoms with Gasteiger partial charge in [-0.1, -0.05) is 6.07 Å². The molecule has 0 radical (unpaired) electrons. The van der Waals surface area contributed by atoms with Crippen LogP contribution in [0.3, 0.4) is 0 Å². The zero-order valence-corrected chi connectivity index (χ0v) is 11.3. The summed E-state index contributed by atoms with van der Waals surface area (Å²) in [5.74, 6) is -0.375. The number of hydrogen-bond donors (Lipinski definition) is 2. The van der Waals surface area contributed by atoms with E-state index in [2.05, 4.69) is 10.1 Å². The number of benzene rings is 1. The van der Waals surface area contributed by atoms with E-state index in [4.69, 9.17) is 5.73 Å². The van der Waals surface area contributed by atoms with Gasteiger partial charge < -0.3 is 15.8 Å². The monoisotopic (exact) mass is 294 g/mol. The van der Waals surface area contributed by atoms with E-state index < -0.39 is 6.61 Å². The van der Waals surface area contributed by atoms with Crippen molar-refractivity contribution in [3.8, 4) is 5.75 Å². The summed E-state index contributed by atoms with van der Waals surface area (Å²) in [6.45, 7) is -0.624. The highest BCUT2D eigenvalue weighted by atomic mass is 35.5. The van der Waals surface area contributed by atoms with E-state index in [-0.39, 0.29) is 35.7 Å². The summed E-state index contributed by atoms with van der Waals surface area (Å²) in [6, 6.07) is 5.65. The second kappa shape index (κ2) is 8.66. The number of halogens is 3. The van der Waals surface area contributed by atoms with Gasteiger partial charge in [0.15, 0.2) is 0 Å². The molecule has 3 N–H and O–H groups in total. The Kier molecular flexibility index (Phi) is 8.02. The highest BCUT2D eigenvalue weighted by molar-refractivity contribution is 5.94. The molecule has 4 nitrogen and oxygen atoms in total. The Balaban J connectivity index is 0.00000324. The Morgan fingerprint density at radius 2 is 2.16 bits per heavy atom. The molecule has 1 aromatic rings. The highest BCUT2D eigenvalue weighted by Gasteiger charge is 2.09. The lowest BCUT2D eigenvalue weighted by molar-refractivity contribution is -0.0498. The van der Waals surface area contributed by atoms with Crippen LogP contribution in [-0.4, -0.2) is 25.1 Å². The molecule has 1 aromatic carbocycles. The zero-order valence-electron chi connectivity index (χ0n) is 10.4. The number of nitrogens with two attached hydrogens (primary N) is 1. The van der Waals surface area contributed by atoms with Crippen LogP contribution in [0.25, 0.3) is 0 Å². The van der Waals surface area contributed by atoms with Crippen LogP contribution in [0.2, 0.25) is 0 Å². The summed E-state index contributed by atoms with van der Waals surface area (Å²) in [7, 11) is 0. The quantitative estimate of drug-likeness (QED) is 0.845. The second-order valence-corrected chi connectivity index (χ2v) is 3.93. The van der Waals surface area contributed by atoms with E-state index >= 15 is 0 Å². The van der Waals surface area contributed by atoms with E-state index in [0.29, 0.717) is 13.0 Å². The van der Waals surface area contributed by atoms with Gasteiger partial charge >= 0.3 is 6.61 Å². The Labute approximate surface area is 116 Å². The number of nitrogens with one attached hydrogen (secondary N) is 1. The minimum Gasteiger partial charge on any atom is -0.435 e. The van der Waals surface area contributed by atoms with Crippen LogP contribution < -0.4 is 15.8 Å². The van der Waals surface area contributed by atoms with E-state index in [1.54, 1.807) is 0 Å². The number of alkyl halides is 2. The van der Waals surface area contributed by atoms with Crippen LogP contribution in [0, 0.1) is 0 Å². The number of rotatable bonds is 6. The van der Waals surface area contributed by atoms with Crippen LogP contribution in [-0.2, 0) is 0 Å². The van der Waals surface area contributed by atoms with Crippen molar-refractivity contribution in [1.82, 2.24) is 5.32 Å². The minimum atomic E-state index is -2.90. The summed E-state index contributed by atoms with van der Waals surface area (Å²) in [6.07, 6.45) is 0.652. The molecule has 0 spiro atoms. The van der Waals surface area contributed by atoms with Crippen molar-refractivity contribution in [2.24, 2.45) is 5.73 Å². The molecule has 1 rings (SSSR count). The van der Waals surface area contributed by atoms with Crippen LogP contribution in [0.5, 0.6) is 5.75 Å². The molecule has 0 aliphatic carbocycles. The lowest BCUT2D eigenvalue weighted by atomic mass is 10.2. The number of ether oxygens (including phenoxy) is 1. The van der Waals surface area contributed by atoms with E-state index in [1.807, 2.05) is 6.92 Å². The first-order chi connectivity index (χ1) is 8.49. The third kappa shape index (κ3) is 6.93.